The fraction of sp³-hybridized carbons (Fsp3) is 0.773. The van der Waals surface area contributed by atoms with Gasteiger partial charge in [0.25, 0.3) is 5.91 Å². The lowest BCUT2D eigenvalue weighted by atomic mass is 10.00. The van der Waals surface area contributed by atoms with Gasteiger partial charge in [-0.2, -0.15) is 0 Å². The van der Waals surface area contributed by atoms with Crippen LogP contribution in [0.1, 0.15) is 55.8 Å². The molecule has 3 aliphatic rings. The molecule has 0 radical (unpaired) electrons. The molecule has 7 nitrogen and oxygen atoms in total. The van der Waals surface area contributed by atoms with Gasteiger partial charge in [-0.05, 0) is 64.6 Å². The van der Waals surface area contributed by atoms with E-state index >= 15 is 0 Å². The van der Waals surface area contributed by atoms with Gasteiger partial charge in [-0.15, -0.1) is 0 Å². The van der Waals surface area contributed by atoms with Gasteiger partial charge in [0.2, 0.25) is 5.95 Å². The average Bonchev–Trinajstić information content (AvgIpc) is 3.26. The van der Waals surface area contributed by atoms with Gasteiger partial charge in [-0.1, -0.05) is 6.92 Å². The molecule has 3 aliphatic heterocycles. The molecule has 0 N–H and O–H groups in total. The highest BCUT2D eigenvalue weighted by molar-refractivity contribution is 5.94. The second-order valence-electron chi connectivity index (χ2n) is 9.07. The molecule has 0 aliphatic carbocycles. The summed E-state index contributed by atoms with van der Waals surface area (Å²) >= 11 is 0. The highest BCUT2D eigenvalue weighted by Gasteiger charge is 2.31. The van der Waals surface area contributed by atoms with Crippen LogP contribution in [-0.4, -0.2) is 84.2 Å². The van der Waals surface area contributed by atoms with E-state index in [0.29, 0.717) is 12.1 Å². The smallest absolute Gasteiger partial charge is 0.257 e. The summed E-state index contributed by atoms with van der Waals surface area (Å²) < 4.78 is 5.85. The first kappa shape index (κ1) is 20.5. The molecule has 1 atom stereocenters. The third-order valence-electron chi connectivity index (χ3n) is 6.77. The van der Waals surface area contributed by atoms with Crippen molar-refractivity contribution in [3.63, 3.8) is 0 Å². The van der Waals surface area contributed by atoms with E-state index in [9.17, 15) is 4.79 Å². The topological polar surface area (TPSA) is 61.8 Å². The molecule has 3 saturated heterocycles. The van der Waals surface area contributed by atoms with Crippen LogP contribution in [0, 0.1) is 5.92 Å². The van der Waals surface area contributed by atoms with Crippen molar-refractivity contribution < 1.29 is 9.53 Å². The first-order valence-corrected chi connectivity index (χ1v) is 11.3. The number of carbonyl (C=O) groups excluding carboxylic acids is 1. The molecule has 3 fully saturated rings. The molecule has 0 spiro atoms. The van der Waals surface area contributed by atoms with Crippen molar-refractivity contribution in [3.8, 4) is 0 Å². The van der Waals surface area contributed by atoms with Crippen LogP contribution in [0.2, 0.25) is 0 Å². The second-order valence-corrected chi connectivity index (χ2v) is 9.07. The Labute approximate surface area is 174 Å². The first-order chi connectivity index (χ1) is 14.1. The van der Waals surface area contributed by atoms with Gasteiger partial charge in [-0.3, -0.25) is 4.79 Å². The molecular weight excluding hydrogens is 366 g/mol. The van der Waals surface area contributed by atoms with E-state index in [1.807, 2.05) is 4.90 Å². The number of ether oxygens (including phenoxy) is 1. The number of piperidine rings is 2. The zero-order chi connectivity index (χ0) is 20.2. The predicted molar refractivity (Wildman–Crippen MR) is 113 cm³/mol. The fourth-order valence-electron chi connectivity index (χ4n) is 4.68. The minimum Gasteiger partial charge on any atom is -0.376 e. The van der Waals surface area contributed by atoms with Crippen molar-refractivity contribution in [2.24, 2.45) is 5.92 Å². The Hall–Kier alpha value is -1.73. The summed E-state index contributed by atoms with van der Waals surface area (Å²) in [5.74, 6) is 1.57. The van der Waals surface area contributed by atoms with Crippen molar-refractivity contribution >= 4 is 11.9 Å². The number of amides is 1. The van der Waals surface area contributed by atoms with Crippen molar-refractivity contribution in [2.75, 3.05) is 51.3 Å². The summed E-state index contributed by atoms with van der Waals surface area (Å²) in [4.78, 5) is 29.1. The molecule has 7 heteroatoms. The molecule has 0 aromatic carbocycles. The van der Waals surface area contributed by atoms with Crippen LogP contribution in [0.5, 0.6) is 0 Å². The minimum absolute atomic E-state index is 0.0499. The molecule has 0 unspecified atom stereocenters. The number of anilines is 1. The zero-order valence-corrected chi connectivity index (χ0v) is 17.9. The monoisotopic (exact) mass is 401 g/mol. The third kappa shape index (κ3) is 5.07. The fourth-order valence-corrected chi connectivity index (χ4v) is 4.68. The summed E-state index contributed by atoms with van der Waals surface area (Å²) in [5, 5.41) is 0. The Bertz CT molecular complexity index is 660. The quantitative estimate of drug-likeness (QED) is 0.755. The highest BCUT2D eigenvalue weighted by Crippen LogP contribution is 2.23. The minimum atomic E-state index is 0.0499. The summed E-state index contributed by atoms with van der Waals surface area (Å²) in [5.41, 5.74) is 0.594. The number of rotatable bonds is 5. The van der Waals surface area contributed by atoms with Gasteiger partial charge in [-0.25, -0.2) is 9.97 Å². The largest absolute Gasteiger partial charge is 0.376 e. The molecule has 1 aromatic rings. The van der Waals surface area contributed by atoms with Crippen LogP contribution >= 0.6 is 0 Å². The van der Waals surface area contributed by atoms with E-state index in [2.05, 4.69) is 33.7 Å². The molecule has 0 saturated carbocycles. The SMILES string of the molecule is CC1CCN(c2ncc(C(=O)N(C[C@H]3CCCO3)C3CCN(C)CC3)cn2)CC1. The van der Waals surface area contributed by atoms with Gasteiger partial charge in [0.15, 0.2) is 0 Å². The van der Waals surface area contributed by atoms with Crippen LogP contribution < -0.4 is 4.90 Å². The van der Waals surface area contributed by atoms with Crippen molar-refractivity contribution in [1.82, 2.24) is 19.8 Å². The van der Waals surface area contributed by atoms with Crippen LogP contribution in [0.25, 0.3) is 0 Å². The maximum atomic E-state index is 13.4. The molecular formula is C22H35N5O2. The van der Waals surface area contributed by atoms with E-state index in [4.69, 9.17) is 4.74 Å². The molecule has 160 valence electrons. The number of carbonyl (C=O) groups is 1. The lowest BCUT2D eigenvalue weighted by molar-refractivity contribution is 0.0319. The predicted octanol–water partition coefficient (Wildman–Crippen LogP) is 2.43. The Kier molecular flexibility index (Phi) is 6.65. The van der Waals surface area contributed by atoms with Gasteiger partial charge < -0.3 is 19.4 Å². The van der Waals surface area contributed by atoms with Gasteiger partial charge in [0.05, 0.1) is 11.7 Å². The van der Waals surface area contributed by atoms with Crippen LogP contribution in [-0.2, 0) is 4.74 Å². The van der Waals surface area contributed by atoms with Crippen LogP contribution in [0.4, 0.5) is 5.95 Å². The summed E-state index contributed by atoms with van der Waals surface area (Å²) in [7, 11) is 2.15. The summed E-state index contributed by atoms with van der Waals surface area (Å²) in [6.07, 6.45) is 10.1. The molecule has 0 bridgehead atoms. The molecule has 29 heavy (non-hydrogen) atoms. The Morgan fingerprint density at radius 3 is 2.41 bits per heavy atom. The first-order valence-electron chi connectivity index (χ1n) is 11.3. The number of aromatic nitrogens is 2. The van der Waals surface area contributed by atoms with E-state index in [1.165, 1.54) is 12.8 Å². The second kappa shape index (κ2) is 9.39. The maximum Gasteiger partial charge on any atom is 0.257 e. The van der Waals surface area contributed by atoms with E-state index in [-0.39, 0.29) is 18.1 Å². The number of nitrogens with zero attached hydrogens (tertiary/aromatic N) is 5. The summed E-state index contributed by atoms with van der Waals surface area (Å²) in [6.45, 7) is 7.84. The number of hydrogen-bond acceptors (Lipinski definition) is 6. The van der Waals surface area contributed by atoms with Crippen molar-refractivity contribution in [2.45, 2.75) is 57.6 Å². The maximum absolute atomic E-state index is 13.4. The Balaban J connectivity index is 1.45. The van der Waals surface area contributed by atoms with Gasteiger partial charge >= 0.3 is 0 Å². The van der Waals surface area contributed by atoms with E-state index in [1.54, 1.807) is 12.4 Å². The standard InChI is InChI=1S/C22H35N5O2/c1-17-5-11-26(12-6-17)22-23-14-18(15-24-22)21(28)27(16-20-4-3-13-29-20)19-7-9-25(2)10-8-19/h14-15,17,19-20H,3-13,16H2,1-2H3/t20-/m1/s1. The Morgan fingerprint density at radius 1 is 1.10 bits per heavy atom. The third-order valence-corrected chi connectivity index (χ3v) is 6.77. The molecule has 4 heterocycles. The number of hydrogen-bond donors (Lipinski definition) is 0. The van der Waals surface area contributed by atoms with Crippen LogP contribution in [0.3, 0.4) is 0 Å². The lowest BCUT2D eigenvalue weighted by Gasteiger charge is -2.38. The molecule has 1 aromatic heterocycles. The average molecular weight is 402 g/mol. The molecule has 1 amide bonds. The highest BCUT2D eigenvalue weighted by atomic mass is 16.5. The number of likely N-dealkylation sites (tertiary alicyclic amines) is 1. The van der Waals surface area contributed by atoms with E-state index in [0.717, 1.165) is 70.3 Å². The lowest BCUT2D eigenvalue weighted by Crippen LogP contribution is -2.49. The van der Waals surface area contributed by atoms with Gasteiger partial charge in [0, 0.05) is 44.7 Å². The van der Waals surface area contributed by atoms with E-state index < -0.39 is 0 Å². The summed E-state index contributed by atoms with van der Waals surface area (Å²) in [6, 6.07) is 0.270. The zero-order valence-electron chi connectivity index (χ0n) is 17.9. The Morgan fingerprint density at radius 2 is 1.79 bits per heavy atom. The van der Waals surface area contributed by atoms with Crippen LogP contribution in [0.15, 0.2) is 12.4 Å². The normalized spacial score (nSPS) is 24.8. The van der Waals surface area contributed by atoms with Crippen molar-refractivity contribution in [1.29, 1.82) is 0 Å². The molecule has 4 rings (SSSR count). The van der Waals surface area contributed by atoms with Gasteiger partial charge in [0.1, 0.15) is 0 Å². The van der Waals surface area contributed by atoms with Crippen molar-refractivity contribution in [3.05, 3.63) is 18.0 Å².